The molecule has 0 aliphatic carbocycles. The van der Waals surface area contributed by atoms with Crippen molar-refractivity contribution in [2.75, 3.05) is 25.5 Å². The van der Waals surface area contributed by atoms with Crippen LogP contribution in [0, 0.1) is 11.3 Å². The molecule has 2 rings (SSSR count). The van der Waals surface area contributed by atoms with Crippen LogP contribution in [-0.2, 0) is 9.59 Å². The van der Waals surface area contributed by atoms with Gasteiger partial charge in [-0.3, -0.25) is 9.59 Å². The Hall–Kier alpha value is -1.75. The molecule has 1 N–H and O–H groups in total. The lowest BCUT2D eigenvalue weighted by Crippen LogP contribution is -2.50. The van der Waals surface area contributed by atoms with Gasteiger partial charge in [-0.2, -0.15) is 0 Å². The molecule has 0 saturated carbocycles. The van der Waals surface area contributed by atoms with Gasteiger partial charge in [0.15, 0.2) is 0 Å². The van der Waals surface area contributed by atoms with Crippen LogP contribution in [0.3, 0.4) is 0 Å². The Bertz CT molecular complexity index is 631. The van der Waals surface area contributed by atoms with E-state index in [0.29, 0.717) is 35.5 Å². The average Bonchev–Trinajstić information content (AvgIpc) is 2.54. The van der Waals surface area contributed by atoms with Crippen molar-refractivity contribution in [1.82, 2.24) is 4.90 Å². The second kappa shape index (κ2) is 7.43. The molecule has 2 amide bonds. The Balaban J connectivity index is 2.09. The fourth-order valence-corrected chi connectivity index (χ4v) is 3.16. The summed E-state index contributed by atoms with van der Waals surface area (Å²) in [4.78, 5) is 27.2. The van der Waals surface area contributed by atoms with E-state index in [1.54, 1.807) is 36.9 Å². The molecule has 132 valence electrons. The first kappa shape index (κ1) is 18.6. The van der Waals surface area contributed by atoms with Crippen molar-refractivity contribution in [2.45, 2.75) is 33.6 Å². The summed E-state index contributed by atoms with van der Waals surface area (Å²) >= 11 is 6.08. The van der Waals surface area contributed by atoms with Crippen molar-refractivity contribution < 1.29 is 14.3 Å². The van der Waals surface area contributed by atoms with Gasteiger partial charge in [-0.05, 0) is 50.8 Å². The summed E-state index contributed by atoms with van der Waals surface area (Å²) in [5, 5.41) is 3.19. The molecule has 1 atom stereocenters. The lowest BCUT2D eigenvalue weighted by Gasteiger charge is -2.36. The maximum absolute atomic E-state index is 12.8. The molecule has 6 heteroatoms. The first-order valence-electron chi connectivity index (χ1n) is 8.20. The zero-order chi connectivity index (χ0) is 17.9. The van der Waals surface area contributed by atoms with Gasteiger partial charge in [0.1, 0.15) is 11.2 Å². The number of rotatable bonds is 4. The van der Waals surface area contributed by atoms with E-state index in [4.69, 9.17) is 16.3 Å². The van der Waals surface area contributed by atoms with E-state index in [1.165, 1.54) is 7.11 Å². The molecule has 0 aromatic heterocycles. The van der Waals surface area contributed by atoms with Crippen LogP contribution < -0.4 is 10.1 Å². The van der Waals surface area contributed by atoms with Gasteiger partial charge in [0, 0.05) is 18.8 Å². The van der Waals surface area contributed by atoms with E-state index in [2.05, 4.69) is 12.2 Å². The summed E-state index contributed by atoms with van der Waals surface area (Å²) in [7, 11) is 1.53. The molecular formula is C18H25ClN2O3. The van der Waals surface area contributed by atoms with Crippen LogP contribution in [0.15, 0.2) is 18.2 Å². The summed E-state index contributed by atoms with van der Waals surface area (Å²) in [6, 6.07) is 4.99. The highest BCUT2D eigenvalue weighted by Gasteiger charge is 2.40. The van der Waals surface area contributed by atoms with Crippen molar-refractivity contribution in [3.05, 3.63) is 23.2 Å². The second-order valence-electron chi connectivity index (χ2n) is 6.93. The van der Waals surface area contributed by atoms with Gasteiger partial charge in [-0.1, -0.05) is 18.5 Å². The molecule has 0 radical (unpaired) electrons. The fourth-order valence-electron chi connectivity index (χ4n) is 2.90. The van der Waals surface area contributed by atoms with Gasteiger partial charge in [0.25, 0.3) is 0 Å². The molecule has 5 nitrogen and oxygen atoms in total. The predicted octanol–water partition coefficient (Wildman–Crippen LogP) is 3.57. The summed E-state index contributed by atoms with van der Waals surface area (Å²) < 4.78 is 5.09. The molecule has 1 fully saturated rings. The number of piperidine rings is 1. The van der Waals surface area contributed by atoms with Gasteiger partial charge < -0.3 is 15.0 Å². The van der Waals surface area contributed by atoms with E-state index in [0.717, 1.165) is 12.8 Å². The van der Waals surface area contributed by atoms with E-state index < -0.39 is 5.41 Å². The molecule has 0 bridgehead atoms. The van der Waals surface area contributed by atoms with Crippen LogP contribution in [0.1, 0.15) is 33.6 Å². The molecular weight excluding hydrogens is 328 g/mol. The smallest absolute Gasteiger partial charge is 0.239 e. The summed E-state index contributed by atoms with van der Waals surface area (Å²) in [6.07, 6.45) is 2.11. The lowest BCUT2D eigenvalue weighted by molar-refractivity contribution is -0.147. The lowest BCUT2D eigenvalue weighted by atomic mass is 9.88. The number of benzene rings is 1. The van der Waals surface area contributed by atoms with Gasteiger partial charge in [0.05, 0.1) is 12.1 Å². The number of nitrogens with zero attached hydrogens (tertiary/aromatic N) is 1. The fraction of sp³-hybridized carbons (Fsp3) is 0.556. The van der Waals surface area contributed by atoms with Crippen LogP contribution in [0.25, 0.3) is 0 Å². The molecule has 24 heavy (non-hydrogen) atoms. The molecule has 1 aromatic rings. The minimum absolute atomic E-state index is 0.133. The van der Waals surface area contributed by atoms with Crippen LogP contribution in [0.5, 0.6) is 5.75 Å². The molecule has 1 aliphatic heterocycles. The molecule has 1 heterocycles. The van der Waals surface area contributed by atoms with E-state index in [9.17, 15) is 9.59 Å². The zero-order valence-electron chi connectivity index (χ0n) is 14.7. The van der Waals surface area contributed by atoms with Gasteiger partial charge >= 0.3 is 0 Å². The number of carbonyl (C=O) groups is 2. The SMILES string of the molecule is COc1ccc(NC(=O)C(C)(C)C(=O)N2CCCC(C)C2)cc1Cl. The minimum Gasteiger partial charge on any atom is -0.495 e. The Morgan fingerprint density at radius 1 is 1.38 bits per heavy atom. The van der Waals surface area contributed by atoms with Crippen molar-refractivity contribution in [1.29, 1.82) is 0 Å². The average molecular weight is 353 g/mol. The first-order valence-corrected chi connectivity index (χ1v) is 8.58. The Morgan fingerprint density at radius 3 is 2.67 bits per heavy atom. The van der Waals surface area contributed by atoms with E-state index in [-0.39, 0.29) is 11.8 Å². The predicted molar refractivity (Wildman–Crippen MR) is 95.4 cm³/mol. The van der Waals surface area contributed by atoms with Crippen LogP contribution in [0.4, 0.5) is 5.69 Å². The van der Waals surface area contributed by atoms with Crippen molar-refractivity contribution in [3.8, 4) is 5.75 Å². The molecule has 1 aromatic carbocycles. The number of hydrogen-bond donors (Lipinski definition) is 1. The Kier molecular flexibility index (Phi) is 5.75. The highest BCUT2D eigenvalue weighted by molar-refractivity contribution is 6.32. The molecule has 0 spiro atoms. The van der Waals surface area contributed by atoms with Gasteiger partial charge in [0.2, 0.25) is 11.8 Å². The van der Waals surface area contributed by atoms with Crippen LogP contribution in [0.2, 0.25) is 5.02 Å². The largest absolute Gasteiger partial charge is 0.495 e. The Labute approximate surface area is 148 Å². The number of hydrogen-bond acceptors (Lipinski definition) is 3. The molecule has 1 aliphatic rings. The maximum atomic E-state index is 12.8. The second-order valence-corrected chi connectivity index (χ2v) is 7.33. The van der Waals surface area contributed by atoms with E-state index >= 15 is 0 Å². The van der Waals surface area contributed by atoms with Crippen molar-refractivity contribution in [3.63, 3.8) is 0 Å². The summed E-state index contributed by atoms with van der Waals surface area (Å²) in [5.74, 6) is 0.535. The van der Waals surface area contributed by atoms with E-state index in [1.807, 2.05) is 0 Å². The quantitative estimate of drug-likeness (QED) is 0.843. The number of carbonyl (C=O) groups excluding carboxylic acids is 2. The first-order chi connectivity index (χ1) is 11.3. The molecule has 1 saturated heterocycles. The third-order valence-electron chi connectivity index (χ3n) is 4.46. The number of methoxy groups -OCH3 is 1. The number of amides is 2. The standard InChI is InChI=1S/C18H25ClN2O3/c1-12-6-5-9-21(11-12)17(23)18(2,3)16(22)20-13-7-8-15(24-4)14(19)10-13/h7-8,10,12H,5-6,9,11H2,1-4H3,(H,20,22). The van der Waals surface area contributed by atoms with Crippen molar-refractivity contribution >= 4 is 29.1 Å². The highest BCUT2D eigenvalue weighted by atomic mass is 35.5. The number of likely N-dealkylation sites (tertiary alicyclic amines) is 1. The minimum atomic E-state index is -1.14. The third-order valence-corrected chi connectivity index (χ3v) is 4.75. The Morgan fingerprint density at radius 2 is 2.08 bits per heavy atom. The number of anilines is 1. The highest BCUT2D eigenvalue weighted by Crippen LogP contribution is 2.29. The normalized spacial score (nSPS) is 18.2. The van der Waals surface area contributed by atoms with Crippen LogP contribution in [-0.4, -0.2) is 36.9 Å². The number of nitrogens with one attached hydrogen (secondary N) is 1. The topological polar surface area (TPSA) is 58.6 Å². The van der Waals surface area contributed by atoms with Crippen molar-refractivity contribution in [2.24, 2.45) is 11.3 Å². The summed E-state index contributed by atoms with van der Waals surface area (Å²) in [6.45, 7) is 6.88. The molecule has 1 unspecified atom stereocenters. The van der Waals surface area contributed by atoms with Gasteiger partial charge in [-0.25, -0.2) is 0 Å². The number of ether oxygens (including phenoxy) is 1. The monoisotopic (exact) mass is 352 g/mol. The van der Waals surface area contributed by atoms with Crippen LogP contribution >= 0.6 is 11.6 Å². The maximum Gasteiger partial charge on any atom is 0.239 e. The van der Waals surface area contributed by atoms with Gasteiger partial charge in [-0.15, -0.1) is 0 Å². The zero-order valence-corrected chi connectivity index (χ0v) is 15.4. The third kappa shape index (κ3) is 4.01. The summed E-state index contributed by atoms with van der Waals surface area (Å²) in [5.41, 5.74) is -0.595. The number of halogens is 1.